The molecule has 16 heteroatoms. The van der Waals surface area contributed by atoms with Gasteiger partial charge in [-0.15, -0.1) is 23.1 Å². The number of nitrogen functional groups attached to an aromatic ring is 1. The number of benzene rings is 1. The highest BCUT2D eigenvalue weighted by atomic mass is 32.2. The summed E-state index contributed by atoms with van der Waals surface area (Å²) in [5.41, 5.74) is 7.32. The van der Waals surface area contributed by atoms with Crippen molar-refractivity contribution in [1.82, 2.24) is 19.9 Å². The number of rotatable bonds is 9. The minimum atomic E-state index is -3.70. The maximum absolute atomic E-state index is 13.1. The summed E-state index contributed by atoms with van der Waals surface area (Å²) in [5.74, 6) is -2.35. The van der Waals surface area contributed by atoms with Gasteiger partial charge in [-0.3, -0.25) is 14.5 Å². The lowest BCUT2D eigenvalue weighted by atomic mass is 9.97. The fourth-order valence-electron chi connectivity index (χ4n) is 4.07. The number of carboxylic acids is 1. The molecular weight excluding hydrogens is 556 g/mol. The van der Waals surface area contributed by atoms with Crippen LogP contribution in [0.3, 0.4) is 0 Å². The van der Waals surface area contributed by atoms with E-state index in [-0.39, 0.29) is 39.3 Å². The van der Waals surface area contributed by atoms with E-state index in [0.29, 0.717) is 11.1 Å². The first-order chi connectivity index (χ1) is 18.0. The number of sulfonamides is 1. The Morgan fingerprint density at radius 1 is 1.37 bits per heavy atom. The van der Waals surface area contributed by atoms with Crippen molar-refractivity contribution in [2.75, 3.05) is 25.6 Å². The number of oxime groups is 1. The first-order valence-corrected chi connectivity index (χ1v) is 14.5. The van der Waals surface area contributed by atoms with Crippen LogP contribution in [-0.2, 0) is 35.7 Å². The largest absolute Gasteiger partial charge is 0.477 e. The van der Waals surface area contributed by atoms with E-state index in [1.54, 1.807) is 13.0 Å². The van der Waals surface area contributed by atoms with Crippen LogP contribution in [0.15, 0.2) is 44.9 Å². The molecule has 4 rings (SSSR count). The van der Waals surface area contributed by atoms with Crippen molar-refractivity contribution in [3.8, 4) is 0 Å². The van der Waals surface area contributed by atoms with E-state index >= 15 is 0 Å². The van der Waals surface area contributed by atoms with Gasteiger partial charge in [-0.2, -0.15) is 0 Å². The molecule has 38 heavy (non-hydrogen) atoms. The SMILES string of the molecule is CNS(=O)(=O)c1ccc(C)c(CC2=C(C(=O)O)N3C(=O)[C@@H](NC(=O)C(=NOC)c4csc(N)n4)[C@H]3SC2)c1. The molecule has 2 aliphatic rings. The van der Waals surface area contributed by atoms with E-state index in [1.165, 1.54) is 43.4 Å². The first-order valence-electron chi connectivity index (χ1n) is 11.0. The molecule has 0 unspecified atom stereocenters. The van der Waals surface area contributed by atoms with Gasteiger partial charge in [-0.25, -0.2) is 22.9 Å². The third-order valence-corrected chi connectivity index (χ3v) is 9.43. The summed E-state index contributed by atoms with van der Waals surface area (Å²) in [5, 5.41) is 17.4. The number of nitrogens with zero attached hydrogens (tertiary/aromatic N) is 3. The van der Waals surface area contributed by atoms with Crippen LogP contribution < -0.4 is 15.8 Å². The van der Waals surface area contributed by atoms with Crippen molar-refractivity contribution >= 4 is 61.7 Å². The fourth-order valence-corrected chi connectivity index (χ4v) is 6.75. The monoisotopic (exact) mass is 580 g/mol. The van der Waals surface area contributed by atoms with Crippen molar-refractivity contribution in [3.05, 3.63) is 51.7 Å². The van der Waals surface area contributed by atoms with Crippen molar-refractivity contribution in [2.24, 2.45) is 5.16 Å². The van der Waals surface area contributed by atoms with Gasteiger partial charge in [-0.05, 0) is 49.2 Å². The molecule has 1 fully saturated rings. The summed E-state index contributed by atoms with van der Waals surface area (Å²) < 4.78 is 26.8. The second-order valence-corrected chi connectivity index (χ2v) is 12.2. The number of aromatic nitrogens is 1. The second-order valence-electron chi connectivity index (χ2n) is 8.28. The van der Waals surface area contributed by atoms with Gasteiger partial charge in [0.2, 0.25) is 10.0 Å². The highest BCUT2D eigenvalue weighted by Crippen LogP contribution is 2.41. The fraction of sp³-hybridized carbons (Fsp3) is 0.318. The number of nitrogens with one attached hydrogen (secondary N) is 2. The molecule has 0 saturated carbocycles. The Morgan fingerprint density at radius 2 is 2.11 bits per heavy atom. The lowest BCUT2D eigenvalue weighted by Gasteiger charge is -2.49. The Balaban J connectivity index is 1.58. The number of fused-ring (bicyclic) bond motifs is 1. The standard InChI is InChI=1S/C22H24N6O7S3/c1-10-4-5-13(38(33,34)24-2)7-11(10)6-12-8-36-20-16(19(30)28(20)17(12)21(31)32)26-18(29)15(27-35-3)14-9-37-22(23)25-14/h4-5,7,9,16,20,24H,6,8H2,1-3H3,(H2,23,25)(H,26,29)(H,31,32)/t16-,20-/m1/s1. The van der Waals surface area contributed by atoms with Gasteiger partial charge in [0.15, 0.2) is 10.8 Å². The van der Waals surface area contributed by atoms with E-state index in [9.17, 15) is 27.9 Å². The van der Waals surface area contributed by atoms with Gasteiger partial charge < -0.3 is 21.0 Å². The van der Waals surface area contributed by atoms with Crippen molar-refractivity contribution in [3.63, 3.8) is 0 Å². The minimum Gasteiger partial charge on any atom is -0.477 e. The smallest absolute Gasteiger partial charge is 0.352 e. The molecule has 1 aromatic heterocycles. The zero-order chi connectivity index (χ0) is 27.8. The highest BCUT2D eigenvalue weighted by molar-refractivity contribution is 8.00. The molecule has 5 N–H and O–H groups in total. The van der Waals surface area contributed by atoms with E-state index < -0.39 is 39.2 Å². The predicted molar refractivity (Wildman–Crippen MR) is 141 cm³/mol. The summed E-state index contributed by atoms with van der Waals surface area (Å²) in [6.45, 7) is 1.79. The molecule has 0 bridgehead atoms. The van der Waals surface area contributed by atoms with Crippen LogP contribution in [-0.4, -0.2) is 78.2 Å². The Hall–Kier alpha value is -3.47. The van der Waals surface area contributed by atoms with Crippen molar-refractivity contribution in [2.45, 2.75) is 29.7 Å². The first kappa shape index (κ1) is 27.6. The Morgan fingerprint density at radius 3 is 2.71 bits per heavy atom. The number of thioether (sulfide) groups is 1. The second kappa shape index (κ2) is 10.7. The van der Waals surface area contributed by atoms with Gasteiger partial charge in [0.1, 0.15) is 29.9 Å². The van der Waals surface area contributed by atoms with Crippen LogP contribution in [0.1, 0.15) is 16.8 Å². The zero-order valence-electron chi connectivity index (χ0n) is 20.4. The number of aryl methyl sites for hydroxylation is 1. The van der Waals surface area contributed by atoms with Crippen LogP contribution in [0, 0.1) is 6.92 Å². The molecule has 2 atom stereocenters. The topological polar surface area (TPSA) is 193 Å². The molecular formula is C22H24N6O7S3. The number of carbonyl (C=O) groups is 3. The summed E-state index contributed by atoms with van der Waals surface area (Å²) >= 11 is 2.40. The average Bonchev–Trinajstić information content (AvgIpc) is 3.31. The maximum atomic E-state index is 13.1. The van der Waals surface area contributed by atoms with Crippen molar-refractivity contribution < 1.29 is 32.7 Å². The highest BCUT2D eigenvalue weighted by Gasteiger charge is 2.54. The number of nitrogens with two attached hydrogens (primary N) is 1. The van der Waals surface area contributed by atoms with E-state index in [1.807, 2.05) is 0 Å². The molecule has 2 amide bonds. The van der Waals surface area contributed by atoms with Gasteiger partial charge in [0.25, 0.3) is 11.8 Å². The van der Waals surface area contributed by atoms with Crippen LogP contribution >= 0.6 is 23.1 Å². The summed E-state index contributed by atoms with van der Waals surface area (Å²) in [6.07, 6.45) is 0.136. The number of β-lactam (4-membered cyclic amide) rings is 1. The van der Waals surface area contributed by atoms with Gasteiger partial charge in [0.05, 0.1) is 4.90 Å². The Bertz CT molecular complexity index is 1480. The number of hydrogen-bond donors (Lipinski definition) is 4. The van der Waals surface area contributed by atoms with Crippen LogP contribution in [0.2, 0.25) is 0 Å². The van der Waals surface area contributed by atoms with Crippen LogP contribution in [0.25, 0.3) is 0 Å². The van der Waals surface area contributed by atoms with Crippen molar-refractivity contribution in [1.29, 1.82) is 0 Å². The van der Waals surface area contributed by atoms with Crippen LogP contribution in [0.5, 0.6) is 0 Å². The zero-order valence-corrected chi connectivity index (χ0v) is 22.9. The molecule has 1 saturated heterocycles. The molecule has 3 heterocycles. The average molecular weight is 581 g/mol. The number of thiazole rings is 1. The van der Waals surface area contributed by atoms with Crippen LogP contribution in [0.4, 0.5) is 5.13 Å². The Kier molecular flexibility index (Phi) is 7.78. The normalized spacial score (nSPS) is 19.6. The number of anilines is 1. The molecule has 202 valence electrons. The van der Waals surface area contributed by atoms with E-state index in [0.717, 1.165) is 21.8 Å². The lowest BCUT2D eigenvalue weighted by Crippen LogP contribution is -2.71. The number of hydrogen-bond acceptors (Lipinski definition) is 11. The lowest BCUT2D eigenvalue weighted by molar-refractivity contribution is -0.150. The Labute approximate surface area is 226 Å². The van der Waals surface area contributed by atoms with Gasteiger partial charge in [-0.1, -0.05) is 11.2 Å². The molecule has 1 aromatic carbocycles. The van der Waals surface area contributed by atoms with E-state index in [2.05, 4.69) is 20.2 Å². The van der Waals surface area contributed by atoms with Gasteiger partial charge in [0, 0.05) is 11.1 Å². The summed E-state index contributed by atoms with van der Waals surface area (Å²) in [7, 11) is -1.13. The molecule has 2 aromatic rings. The molecule has 0 spiro atoms. The summed E-state index contributed by atoms with van der Waals surface area (Å²) in [6, 6.07) is 3.62. The number of carboxylic acid groups (broad SMARTS) is 1. The number of aliphatic carboxylic acids is 1. The number of carbonyl (C=O) groups excluding carboxylic acids is 2. The quantitative estimate of drug-likeness (QED) is 0.182. The third kappa shape index (κ3) is 5.11. The molecule has 13 nitrogen and oxygen atoms in total. The number of amides is 2. The third-order valence-electron chi connectivity index (χ3n) is 6.00. The predicted octanol–water partition coefficient (Wildman–Crippen LogP) is 0.274. The molecule has 0 aliphatic carbocycles. The van der Waals surface area contributed by atoms with E-state index in [4.69, 9.17) is 10.6 Å². The van der Waals surface area contributed by atoms with Gasteiger partial charge >= 0.3 is 5.97 Å². The molecule has 2 aliphatic heterocycles. The summed E-state index contributed by atoms with van der Waals surface area (Å²) in [4.78, 5) is 48.2. The molecule has 0 radical (unpaired) electrons. The maximum Gasteiger partial charge on any atom is 0.352 e. The minimum absolute atomic E-state index is 0.0533.